The summed E-state index contributed by atoms with van der Waals surface area (Å²) in [4.78, 5) is 11.2. The molecule has 0 aliphatic carbocycles. The highest BCUT2D eigenvalue weighted by molar-refractivity contribution is 5.75. The molecule has 1 amide bonds. The van der Waals surface area contributed by atoms with E-state index in [1.54, 1.807) is 0 Å². The van der Waals surface area contributed by atoms with Gasteiger partial charge in [-0.05, 0) is 12.5 Å². The van der Waals surface area contributed by atoms with Gasteiger partial charge in [-0.25, -0.2) is 0 Å². The van der Waals surface area contributed by atoms with Crippen LogP contribution in [0, 0.1) is 6.92 Å². The van der Waals surface area contributed by atoms with Gasteiger partial charge in [0.25, 0.3) is 0 Å². The van der Waals surface area contributed by atoms with Gasteiger partial charge in [0, 0.05) is 6.54 Å². The first-order valence-electron chi connectivity index (χ1n) is 5.30. The molecule has 1 rings (SSSR count). The fourth-order valence-corrected chi connectivity index (χ4v) is 1.35. The normalized spacial score (nSPS) is 10.6. The fourth-order valence-electron chi connectivity index (χ4n) is 1.35. The molecule has 1 aromatic rings. The predicted molar refractivity (Wildman–Crippen MR) is 59.6 cm³/mol. The Morgan fingerprint density at radius 3 is 2.88 bits per heavy atom. The van der Waals surface area contributed by atoms with Crippen LogP contribution in [0.15, 0.2) is 24.3 Å². The Morgan fingerprint density at radius 1 is 1.47 bits per heavy atom. The monoisotopic (exact) mass is 243 g/mol. The molecule has 0 aliphatic heterocycles. The maximum atomic E-state index is 11.6. The Labute approximate surface area is 98.8 Å². The predicted octanol–water partition coefficient (Wildman–Crippen LogP) is 2.24. The van der Waals surface area contributed by atoms with Gasteiger partial charge in [-0.15, -0.1) is 0 Å². The first-order chi connectivity index (χ1) is 8.08. The van der Waals surface area contributed by atoms with Gasteiger partial charge in [0.15, 0.2) is 0 Å². The molecular formula is C12H15F2NO2. The maximum absolute atomic E-state index is 11.6. The number of nitrogens with one attached hydrogen (secondary N) is 1. The second kappa shape index (κ2) is 6.96. The summed E-state index contributed by atoms with van der Waals surface area (Å²) in [5.74, 6) is -0.299. The number of aryl methyl sites for hydroxylation is 1. The molecule has 0 radical (unpaired) electrons. The molecule has 17 heavy (non-hydrogen) atoms. The molecule has 0 aliphatic rings. The molecule has 0 saturated carbocycles. The van der Waals surface area contributed by atoms with Crippen LogP contribution in [0.4, 0.5) is 8.78 Å². The lowest BCUT2D eigenvalue weighted by molar-refractivity contribution is -0.138. The van der Waals surface area contributed by atoms with Crippen LogP contribution in [-0.4, -0.2) is 19.1 Å². The summed E-state index contributed by atoms with van der Waals surface area (Å²) in [6.45, 7) is -0.728. The molecular weight excluding hydrogens is 228 g/mol. The smallest absolute Gasteiger partial charge is 0.345 e. The number of benzene rings is 1. The summed E-state index contributed by atoms with van der Waals surface area (Å²) in [5.41, 5.74) is 2.09. The zero-order valence-corrected chi connectivity index (χ0v) is 9.58. The van der Waals surface area contributed by atoms with Crippen LogP contribution in [0.5, 0.6) is 0 Å². The van der Waals surface area contributed by atoms with Gasteiger partial charge in [-0.2, -0.15) is 8.78 Å². The quantitative estimate of drug-likeness (QED) is 0.832. The summed E-state index contributed by atoms with van der Waals surface area (Å²) in [5, 5.41) is 2.64. The molecule has 0 unspecified atom stereocenters. The third-order valence-corrected chi connectivity index (χ3v) is 2.15. The Hall–Kier alpha value is -1.49. The van der Waals surface area contributed by atoms with E-state index in [4.69, 9.17) is 0 Å². The van der Waals surface area contributed by atoms with Crippen molar-refractivity contribution in [3.05, 3.63) is 35.4 Å². The molecule has 1 aromatic carbocycles. The number of rotatable bonds is 6. The van der Waals surface area contributed by atoms with Crippen molar-refractivity contribution in [2.45, 2.75) is 26.5 Å². The highest BCUT2D eigenvalue weighted by atomic mass is 19.3. The Balaban J connectivity index is 2.24. The van der Waals surface area contributed by atoms with Crippen molar-refractivity contribution in [1.29, 1.82) is 0 Å². The number of amides is 1. The number of halogens is 2. The number of alkyl halides is 2. The first-order valence-corrected chi connectivity index (χ1v) is 5.30. The van der Waals surface area contributed by atoms with Gasteiger partial charge < -0.3 is 10.1 Å². The summed E-state index contributed by atoms with van der Waals surface area (Å²) < 4.78 is 27.2. The average Bonchev–Trinajstić information content (AvgIpc) is 2.26. The van der Waals surface area contributed by atoms with Crippen LogP contribution >= 0.6 is 0 Å². The van der Waals surface area contributed by atoms with E-state index in [9.17, 15) is 13.6 Å². The zero-order chi connectivity index (χ0) is 12.7. The minimum Gasteiger partial charge on any atom is -0.352 e. The highest BCUT2D eigenvalue weighted by Crippen LogP contribution is 2.03. The van der Waals surface area contributed by atoms with E-state index in [1.165, 1.54) is 0 Å². The molecule has 0 atom stereocenters. The first kappa shape index (κ1) is 13.6. The number of hydrogen-bond donors (Lipinski definition) is 1. The van der Waals surface area contributed by atoms with E-state index >= 15 is 0 Å². The van der Waals surface area contributed by atoms with Gasteiger partial charge in [0.2, 0.25) is 5.91 Å². The summed E-state index contributed by atoms with van der Waals surface area (Å²) >= 11 is 0. The van der Waals surface area contributed by atoms with Crippen molar-refractivity contribution in [2.75, 3.05) is 6.61 Å². The second-order valence-corrected chi connectivity index (χ2v) is 3.65. The minimum atomic E-state index is -2.82. The highest BCUT2D eigenvalue weighted by Gasteiger charge is 2.05. The van der Waals surface area contributed by atoms with Crippen LogP contribution in [0.25, 0.3) is 0 Å². The number of hydrogen-bond acceptors (Lipinski definition) is 2. The fraction of sp³-hybridized carbons (Fsp3) is 0.417. The molecule has 5 heteroatoms. The second-order valence-electron chi connectivity index (χ2n) is 3.65. The minimum absolute atomic E-state index is 0.0594. The number of carbonyl (C=O) groups is 1. The van der Waals surface area contributed by atoms with Gasteiger partial charge in [0.05, 0.1) is 13.0 Å². The van der Waals surface area contributed by atoms with E-state index in [2.05, 4.69) is 10.1 Å². The number of carbonyl (C=O) groups excluding carboxylic acids is 1. The zero-order valence-electron chi connectivity index (χ0n) is 9.58. The van der Waals surface area contributed by atoms with Crippen molar-refractivity contribution >= 4 is 5.91 Å². The van der Waals surface area contributed by atoms with E-state index in [0.717, 1.165) is 11.1 Å². The van der Waals surface area contributed by atoms with Crippen molar-refractivity contribution in [3.63, 3.8) is 0 Å². The summed E-state index contributed by atoms with van der Waals surface area (Å²) in [6.07, 6.45) is -0.0594. The molecule has 3 nitrogen and oxygen atoms in total. The van der Waals surface area contributed by atoms with Gasteiger partial charge >= 0.3 is 6.61 Å². The van der Waals surface area contributed by atoms with Crippen molar-refractivity contribution in [3.8, 4) is 0 Å². The summed E-state index contributed by atoms with van der Waals surface area (Å²) in [7, 11) is 0. The molecule has 0 heterocycles. The Morgan fingerprint density at radius 2 is 2.24 bits per heavy atom. The van der Waals surface area contributed by atoms with Gasteiger partial charge in [-0.3, -0.25) is 4.79 Å². The van der Waals surface area contributed by atoms with Gasteiger partial charge in [0.1, 0.15) is 0 Å². The van der Waals surface area contributed by atoms with E-state index in [0.29, 0.717) is 6.54 Å². The largest absolute Gasteiger partial charge is 0.352 e. The standard InChI is InChI=1S/C12H15F2NO2/c1-9-3-2-4-10(7-9)8-15-11(16)5-6-17-12(13)14/h2-4,7,12H,5-6,8H2,1H3,(H,15,16). The van der Waals surface area contributed by atoms with Crippen LogP contribution in [-0.2, 0) is 16.1 Å². The lowest BCUT2D eigenvalue weighted by Gasteiger charge is -2.06. The average molecular weight is 243 g/mol. The van der Waals surface area contributed by atoms with E-state index < -0.39 is 6.61 Å². The van der Waals surface area contributed by atoms with Gasteiger partial charge in [-0.1, -0.05) is 29.8 Å². The van der Waals surface area contributed by atoms with Crippen molar-refractivity contribution < 1.29 is 18.3 Å². The molecule has 0 fully saturated rings. The van der Waals surface area contributed by atoms with E-state index in [-0.39, 0.29) is 18.9 Å². The van der Waals surface area contributed by atoms with Crippen molar-refractivity contribution in [2.24, 2.45) is 0 Å². The van der Waals surface area contributed by atoms with Crippen molar-refractivity contribution in [1.82, 2.24) is 5.32 Å². The molecule has 0 saturated heterocycles. The molecule has 94 valence electrons. The SMILES string of the molecule is Cc1cccc(CNC(=O)CCOC(F)F)c1. The maximum Gasteiger partial charge on any atom is 0.345 e. The third-order valence-electron chi connectivity index (χ3n) is 2.15. The molecule has 0 aromatic heterocycles. The van der Waals surface area contributed by atoms with Crippen LogP contribution < -0.4 is 5.32 Å². The molecule has 0 bridgehead atoms. The number of ether oxygens (including phenoxy) is 1. The summed E-state index contributed by atoms with van der Waals surface area (Å²) in [6, 6.07) is 7.71. The van der Waals surface area contributed by atoms with Crippen LogP contribution in [0.1, 0.15) is 17.5 Å². The Bertz CT molecular complexity index is 369. The molecule has 0 spiro atoms. The Kier molecular flexibility index (Phi) is 5.56. The lowest BCUT2D eigenvalue weighted by Crippen LogP contribution is -2.24. The third kappa shape index (κ3) is 5.97. The topological polar surface area (TPSA) is 38.3 Å². The van der Waals surface area contributed by atoms with E-state index in [1.807, 2.05) is 31.2 Å². The lowest BCUT2D eigenvalue weighted by atomic mass is 10.1. The molecule has 1 N–H and O–H groups in total. The van der Waals surface area contributed by atoms with Crippen LogP contribution in [0.3, 0.4) is 0 Å². The van der Waals surface area contributed by atoms with Crippen LogP contribution in [0.2, 0.25) is 0 Å².